The molecule has 0 aromatic heterocycles. The minimum atomic E-state index is -0.166. The lowest BCUT2D eigenvalue weighted by Crippen LogP contribution is -2.40. The van der Waals surface area contributed by atoms with Gasteiger partial charge in [0.2, 0.25) is 0 Å². The molecule has 2 rings (SSSR count). The zero-order valence-corrected chi connectivity index (χ0v) is 13.4. The van der Waals surface area contributed by atoms with Crippen molar-refractivity contribution < 1.29 is 4.79 Å². The Kier molecular flexibility index (Phi) is 6.28. The second-order valence-electron chi connectivity index (χ2n) is 5.34. The minimum absolute atomic E-state index is 0.117. The topological polar surface area (TPSA) is 41.1 Å². The first-order chi connectivity index (χ1) is 10.6. The zero-order valence-electron chi connectivity index (χ0n) is 12.7. The van der Waals surface area contributed by atoms with Gasteiger partial charge in [-0.05, 0) is 37.0 Å². The normalized spacial score (nSPS) is 11.7. The van der Waals surface area contributed by atoms with Gasteiger partial charge in [0.1, 0.15) is 0 Å². The lowest BCUT2D eigenvalue weighted by Gasteiger charge is -2.15. The van der Waals surface area contributed by atoms with Crippen LogP contribution in [0.15, 0.2) is 54.6 Å². The highest BCUT2D eigenvalue weighted by Crippen LogP contribution is 2.14. The van der Waals surface area contributed by atoms with Gasteiger partial charge >= 0.3 is 6.03 Å². The molecule has 1 atom stereocenters. The lowest BCUT2D eigenvalue weighted by molar-refractivity contribution is 0.237. The average Bonchev–Trinajstić information content (AvgIpc) is 2.53. The van der Waals surface area contributed by atoms with E-state index >= 15 is 0 Å². The van der Waals surface area contributed by atoms with Crippen LogP contribution < -0.4 is 10.6 Å². The molecule has 0 spiro atoms. The number of carbonyl (C=O) groups excluding carboxylic acids is 1. The Morgan fingerprint density at radius 2 is 1.77 bits per heavy atom. The Bertz CT molecular complexity index is 601. The molecule has 0 bridgehead atoms. The maximum absolute atomic E-state index is 11.9. The van der Waals surface area contributed by atoms with Gasteiger partial charge < -0.3 is 10.6 Å². The standard InChI is InChI=1S/C18H21ClN2O/c1-14(11-12-15-7-3-2-4-8-15)21-18(22)20-13-16-9-5-6-10-17(16)19/h2-10,14H,11-13H2,1H3,(H2,20,21,22). The van der Waals surface area contributed by atoms with Crippen molar-refractivity contribution in [3.63, 3.8) is 0 Å². The highest BCUT2D eigenvalue weighted by Gasteiger charge is 2.08. The molecule has 3 nitrogen and oxygen atoms in total. The molecule has 2 N–H and O–H groups in total. The Morgan fingerprint density at radius 1 is 1.09 bits per heavy atom. The molecule has 0 aliphatic carbocycles. The van der Waals surface area contributed by atoms with Crippen LogP contribution in [0.3, 0.4) is 0 Å². The summed E-state index contributed by atoms with van der Waals surface area (Å²) in [6, 6.07) is 17.7. The van der Waals surface area contributed by atoms with E-state index in [1.165, 1.54) is 5.56 Å². The van der Waals surface area contributed by atoms with Gasteiger partial charge in [-0.2, -0.15) is 0 Å². The molecule has 0 fully saturated rings. The number of amides is 2. The summed E-state index contributed by atoms with van der Waals surface area (Å²) in [5.41, 5.74) is 2.20. The summed E-state index contributed by atoms with van der Waals surface area (Å²) in [5.74, 6) is 0. The number of hydrogen-bond acceptors (Lipinski definition) is 1. The van der Waals surface area contributed by atoms with Gasteiger partial charge in [-0.3, -0.25) is 0 Å². The molecule has 0 aliphatic heterocycles. The quantitative estimate of drug-likeness (QED) is 0.825. The second-order valence-corrected chi connectivity index (χ2v) is 5.75. The van der Waals surface area contributed by atoms with Crippen molar-refractivity contribution in [1.29, 1.82) is 0 Å². The van der Waals surface area contributed by atoms with Crippen molar-refractivity contribution in [2.45, 2.75) is 32.4 Å². The molecular formula is C18H21ClN2O. The summed E-state index contributed by atoms with van der Waals surface area (Å²) in [5, 5.41) is 6.45. The molecule has 0 aliphatic rings. The largest absolute Gasteiger partial charge is 0.336 e. The van der Waals surface area contributed by atoms with Gasteiger partial charge in [0.05, 0.1) is 0 Å². The van der Waals surface area contributed by atoms with E-state index in [-0.39, 0.29) is 12.1 Å². The summed E-state index contributed by atoms with van der Waals surface area (Å²) < 4.78 is 0. The Morgan fingerprint density at radius 3 is 2.50 bits per heavy atom. The van der Waals surface area contributed by atoms with Gasteiger partial charge in [0.15, 0.2) is 0 Å². The predicted octanol–water partition coefficient (Wildman–Crippen LogP) is 4.16. The number of benzene rings is 2. The molecule has 0 saturated carbocycles. The lowest BCUT2D eigenvalue weighted by atomic mass is 10.1. The number of urea groups is 1. The van der Waals surface area contributed by atoms with Crippen molar-refractivity contribution >= 4 is 17.6 Å². The Hall–Kier alpha value is -2.00. The average molecular weight is 317 g/mol. The van der Waals surface area contributed by atoms with E-state index in [0.717, 1.165) is 18.4 Å². The fourth-order valence-electron chi connectivity index (χ4n) is 2.19. The van der Waals surface area contributed by atoms with Crippen LogP contribution in [-0.2, 0) is 13.0 Å². The Balaban J connectivity index is 1.71. The van der Waals surface area contributed by atoms with E-state index in [4.69, 9.17) is 11.6 Å². The summed E-state index contributed by atoms with van der Waals surface area (Å²) in [7, 11) is 0. The van der Waals surface area contributed by atoms with Crippen LogP contribution in [0.5, 0.6) is 0 Å². The summed E-state index contributed by atoms with van der Waals surface area (Å²) in [4.78, 5) is 11.9. The van der Waals surface area contributed by atoms with Gasteiger partial charge in [-0.15, -0.1) is 0 Å². The van der Waals surface area contributed by atoms with Crippen molar-refractivity contribution in [3.8, 4) is 0 Å². The van der Waals surface area contributed by atoms with E-state index in [1.807, 2.05) is 49.4 Å². The highest BCUT2D eigenvalue weighted by atomic mass is 35.5. The van der Waals surface area contributed by atoms with Crippen LogP contribution in [0.2, 0.25) is 5.02 Å². The minimum Gasteiger partial charge on any atom is -0.336 e. The number of hydrogen-bond donors (Lipinski definition) is 2. The zero-order chi connectivity index (χ0) is 15.8. The van der Waals surface area contributed by atoms with Crippen LogP contribution in [0.25, 0.3) is 0 Å². The molecule has 0 heterocycles. The van der Waals surface area contributed by atoms with E-state index in [2.05, 4.69) is 22.8 Å². The van der Waals surface area contributed by atoms with Crippen LogP contribution in [0, 0.1) is 0 Å². The SMILES string of the molecule is CC(CCc1ccccc1)NC(=O)NCc1ccccc1Cl. The maximum atomic E-state index is 11.9. The monoisotopic (exact) mass is 316 g/mol. The molecule has 2 aromatic rings. The molecule has 0 radical (unpaired) electrons. The van der Waals surface area contributed by atoms with E-state index in [0.29, 0.717) is 11.6 Å². The van der Waals surface area contributed by atoms with E-state index in [1.54, 1.807) is 0 Å². The fraction of sp³-hybridized carbons (Fsp3) is 0.278. The smallest absolute Gasteiger partial charge is 0.315 e. The fourth-order valence-corrected chi connectivity index (χ4v) is 2.39. The number of aryl methyl sites for hydroxylation is 1. The molecule has 116 valence electrons. The first kappa shape index (κ1) is 16.4. The van der Waals surface area contributed by atoms with Gasteiger partial charge in [0.25, 0.3) is 0 Å². The third kappa shape index (κ3) is 5.41. The van der Waals surface area contributed by atoms with Crippen LogP contribution >= 0.6 is 11.6 Å². The van der Waals surface area contributed by atoms with Gasteiger partial charge in [-0.1, -0.05) is 60.1 Å². The number of halogens is 1. The molecule has 0 saturated heterocycles. The molecule has 2 aromatic carbocycles. The van der Waals surface area contributed by atoms with Crippen LogP contribution in [0.4, 0.5) is 4.79 Å². The van der Waals surface area contributed by atoms with Crippen molar-refractivity contribution in [2.75, 3.05) is 0 Å². The molecule has 22 heavy (non-hydrogen) atoms. The van der Waals surface area contributed by atoms with Crippen LogP contribution in [-0.4, -0.2) is 12.1 Å². The van der Waals surface area contributed by atoms with Crippen molar-refractivity contribution in [3.05, 3.63) is 70.7 Å². The molecule has 2 amide bonds. The number of rotatable bonds is 6. The predicted molar refractivity (Wildman–Crippen MR) is 91.0 cm³/mol. The van der Waals surface area contributed by atoms with Crippen molar-refractivity contribution in [1.82, 2.24) is 10.6 Å². The third-order valence-corrected chi connectivity index (χ3v) is 3.85. The summed E-state index contributed by atoms with van der Waals surface area (Å²) in [6.07, 6.45) is 1.86. The van der Waals surface area contributed by atoms with E-state index < -0.39 is 0 Å². The molecular weight excluding hydrogens is 296 g/mol. The number of nitrogens with one attached hydrogen (secondary N) is 2. The third-order valence-electron chi connectivity index (χ3n) is 3.48. The first-order valence-electron chi connectivity index (χ1n) is 7.47. The van der Waals surface area contributed by atoms with Crippen LogP contribution in [0.1, 0.15) is 24.5 Å². The Labute approximate surface area is 136 Å². The summed E-state index contributed by atoms with van der Waals surface area (Å²) in [6.45, 7) is 2.44. The van der Waals surface area contributed by atoms with Gasteiger partial charge in [-0.25, -0.2) is 4.79 Å². The summed E-state index contributed by atoms with van der Waals surface area (Å²) >= 11 is 6.06. The van der Waals surface area contributed by atoms with E-state index in [9.17, 15) is 4.79 Å². The maximum Gasteiger partial charge on any atom is 0.315 e. The molecule has 4 heteroatoms. The van der Waals surface area contributed by atoms with Crippen molar-refractivity contribution in [2.24, 2.45) is 0 Å². The number of carbonyl (C=O) groups is 1. The second kappa shape index (κ2) is 8.44. The highest BCUT2D eigenvalue weighted by molar-refractivity contribution is 6.31. The molecule has 1 unspecified atom stereocenters. The first-order valence-corrected chi connectivity index (χ1v) is 7.84. The van der Waals surface area contributed by atoms with Gasteiger partial charge in [0, 0.05) is 17.6 Å².